The molecule has 0 bridgehead atoms. The number of nitrogens with zero attached hydrogens (tertiary/aromatic N) is 2. The minimum absolute atomic E-state index is 0.0156. The first-order valence-corrected chi connectivity index (χ1v) is 9.05. The Kier molecular flexibility index (Phi) is 4.12. The zero-order chi connectivity index (χ0) is 20.9. The standard InChI is InChI=1S/C19H15F3N4O4/c20-19(21,22)16-7-12(13-2-1-5-28-13)25-17-11(8-23-26(16)17)18(27)24-10-3-4-14-15(6-10)30-9-29-14/h1-6,8,12,16,25H,7,9H2,(H,24,27)/t12-,16-/m0/s1. The van der Waals surface area contributed by atoms with Crippen molar-refractivity contribution in [3.63, 3.8) is 0 Å². The highest BCUT2D eigenvalue weighted by molar-refractivity contribution is 6.07. The van der Waals surface area contributed by atoms with Crippen molar-refractivity contribution in [3.05, 3.63) is 54.1 Å². The number of hydrogen-bond acceptors (Lipinski definition) is 6. The van der Waals surface area contributed by atoms with E-state index in [1.807, 2.05) is 0 Å². The normalized spacial score (nSPS) is 19.8. The third-order valence-corrected chi connectivity index (χ3v) is 5.00. The van der Waals surface area contributed by atoms with Gasteiger partial charge < -0.3 is 24.5 Å². The van der Waals surface area contributed by atoms with Crippen molar-refractivity contribution in [1.29, 1.82) is 0 Å². The van der Waals surface area contributed by atoms with Crippen LogP contribution in [0.15, 0.2) is 47.2 Å². The van der Waals surface area contributed by atoms with E-state index in [2.05, 4.69) is 15.7 Å². The molecule has 0 aliphatic carbocycles. The monoisotopic (exact) mass is 420 g/mol. The molecule has 30 heavy (non-hydrogen) atoms. The first kappa shape index (κ1) is 18.4. The predicted molar refractivity (Wildman–Crippen MR) is 97.5 cm³/mol. The minimum Gasteiger partial charge on any atom is -0.467 e. The Hall–Kier alpha value is -3.63. The molecule has 0 spiro atoms. The predicted octanol–water partition coefficient (Wildman–Crippen LogP) is 4.12. The van der Waals surface area contributed by atoms with E-state index in [0.29, 0.717) is 22.9 Å². The van der Waals surface area contributed by atoms with E-state index in [4.69, 9.17) is 13.9 Å². The van der Waals surface area contributed by atoms with E-state index in [-0.39, 0.29) is 24.6 Å². The van der Waals surface area contributed by atoms with Crippen molar-refractivity contribution in [1.82, 2.24) is 9.78 Å². The number of alkyl halides is 3. The fourth-order valence-corrected chi connectivity index (χ4v) is 3.58. The van der Waals surface area contributed by atoms with Gasteiger partial charge in [-0.05, 0) is 24.3 Å². The van der Waals surface area contributed by atoms with Gasteiger partial charge in [0.15, 0.2) is 17.5 Å². The number of nitrogens with one attached hydrogen (secondary N) is 2. The number of hydrogen-bond donors (Lipinski definition) is 2. The Balaban J connectivity index is 1.46. The van der Waals surface area contributed by atoms with Crippen molar-refractivity contribution in [2.24, 2.45) is 0 Å². The fraction of sp³-hybridized carbons (Fsp3) is 0.263. The molecular weight excluding hydrogens is 405 g/mol. The van der Waals surface area contributed by atoms with E-state index < -0.39 is 24.2 Å². The Morgan fingerprint density at radius 2 is 2.07 bits per heavy atom. The Bertz CT molecular complexity index is 1090. The van der Waals surface area contributed by atoms with Gasteiger partial charge in [0.25, 0.3) is 5.91 Å². The van der Waals surface area contributed by atoms with Crippen LogP contribution in [0.5, 0.6) is 11.5 Å². The van der Waals surface area contributed by atoms with Gasteiger partial charge in [-0.15, -0.1) is 0 Å². The summed E-state index contributed by atoms with van der Waals surface area (Å²) in [5.41, 5.74) is 0.396. The molecule has 5 rings (SSSR count). The third-order valence-electron chi connectivity index (χ3n) is 5.00. The van der Waals surface area contributed by atoms with Crippen LogP contribution in [0.25, 0.3) is 0 Å². The zero-order valence-electron chi connectivity index (χ0n) is 15.3. The maximum absolute atomic E-state index is 13.7. The van der Waals surface area contributed by atoms with Gasteiger partial charge in [-0.2, -0.15) is 18.3 Å². The molecule has 0 saturated carbocycles. The first-order valence-electron chi connectivity index (χ1n) is 9.05. The van der Waals surface area contributed by atoms with Crippen molar-refractivity contribution in [3.8, 4) is 11.5 Å². The summed E-state index contributed by atoms with van der Waals surface area (Å²) in [4.78, 5) is 12.8. The number of anilines is 2. The molecule has 0 saturated heterocycles. The molecule has 1 aromatic carbocycles. The summed E-state index contributed by atoms with van der Waals surface area (Å²) in [5, 5.41) is 9.45. The van der Waals surface area contributed by atoms with Crippen molar-refractivity contribution in [2.75, 3.05) is 17.4 Å². The summed E-state index contributed by atoms with van der Waals surface area (Å²) < 4.78 is 57.6. The van der Waals surface area contributed by atoms with Gasteiger partial charge in [0.2, 0.25) is 6.79 Å². The fourth-order valence-electron chi connectivity index (χ4n) is 3.58. The molecule has 0 fully saturated rings. The second-order valence-corrected chi connectivity index (χ2v) is 6.88. The highest BCUT2D eigenvalue weighted by atomic mass is 19.4. The van der Waals surface area contributed by atoms with Gasteiger partial charge in [-0.1, -0.05) is 0 Å². The zero-order valence-corrected chi connectivity index (χ0v) is 15.3. The molecular formula is C19H15F3N4O4. The number of rotatable bonds is 3. The molecule has 2 aliphatic heterocycles. The summed E-state index contributed by atoms with van der Waals surface area (Å²) >= 11 is 0. The SMILES string of the molecule is O=C(Nc1ccc2c(c1)OCO2)c1cnn2c1N[C@H](c1ccco1)C[C@H]2C(F)(F)F. The minimum atomic E-state index is -4.54. The maximum atomic E-state index is 13.7. The second kappa shape index (κ2) is 6.71. The molecule has 8 nitrogen and oxygen atoms in total. The van der Waals surface area contributed by atoms with E-state index >= 15 is 0 Å². The smallest absolute Gasteiger partial charge is 0.410 e. The van der Waals surface area contributed by atoms with E-state index in [1.54, 1.807) is 30.3 Å². The van der Waals surface area contributed by atoms with Crippen LogP contribution < -0.4 is 20.1 Å². The number of carbonyl (C=O) groups is 1. The quantitative estimate of drug-likeness (QED) is 0.663. The van der Waals surface area contributed by atoms with E-state index in [0.717, 1.165) is 10.9 Å². The van der Waals surface area contributed by atoms with Crippen LogP contribution in [0.4, 0.5) is 24.7 Å². The number of aromatic nitrogens is 2. The Labute approximate surface area is 167 Å². The second-order valence-electron chi connectivity index (χ2n) is 6.88. The van der Waals surface area contributed by atoms with Gasteiger partial charge >= 0.3 is 6.18 Å². The number of amides is 1. The number of furan rings is 1. The van der Waals surface area contributed by atoms with Gasteiger partial charge in [0.05, 0.1) is 18.5 Å². The number of ether oxygens (including phenoxy) is 2. The highest BCUT2D eigenvalue weighted by Crippen LogP contribution is 2.44. The molecule has 0 radical (unpaired) electrons. The third kappa shape index (κ3) is 3.11. The summed E-state index contributed by atoms with van der Waals surface area (Å²) in [5.74, 6) is 0.732. The van der Waals surface area contributed by atoms with Crippen molar-refractivity contribution < 1.29 is 31.9 Å². The van der Waals surface area contributed by atoms with Crippen molar-refractivity contribution >= 4 is 17.4 Å². The molecule has 1 amide bonds. The average Bonchev–Trinajstić information content (AvgIpc) is 3.45. The van der Waals surface area contributed by atoms with Crippen LogP contribution in [-0.2, 0) is 0 Å². The molecule has 2 atom stereocenters. The maximum Gasteiger partial charge on any atom is 0.410 e. The van der Waals surface area contributed by atoms with Crippen LogP contribution in [0.1, 0.15) is 34.6 Å². The molecule has 11 heteroatoms. The van der Waals surface area contributed by atoms with E-state index in [9.17, 15) is 18.0 Å². The summed E-state index contributed by atoms with van der Waals surface area (Å²) in [7, 11) is 0. The van der Waals surface area contributed by atoms with Gasteiger partial charge in [0, 0.05) is 18.2 Å². The number of halogens is 3. The topological polar surface area (TPSA) is 90.5 Å². The van der Waals surface area contributed by atoms with Crippen LogP contribution in [0.3, 0.4) is 0 Å². The molecule has 2 aromatic heterocycles. The molecule has 2 N–H and O–H groups in total. The molecule has 156 valence electrons. The van der Waals surface area contributed by atoms with Gasteiger partial charge in [-0.3, -0.25) is 4.79 Å². The van der Waals surface area contributed by atoms with Crippen LogP contribution >= 0.6 is 0 Å². The van der Waals surface area contributed by atoms with Crippen LogP contribution in [0.2, 0.25) is 0 Å². The average molecular weight is 420 g/mol. The molecule has 4 heterocycles. The lowest BCUT2D eigenvalue weighted by atomic mass is 10.0. The summed E-state index contributed by atoms with van der Waals surface area (Å²) in [6, 6.07) is 5.36. The highest BCUT2D eigenvalue weighted by Gasteiger charge is 2.47. The summed E-state index contributed by atoms with van der Waals surface area (Å²) in [6.45, 7) is 0.0839. The number of fused-ring (bicyclic) bond motifs is 2. The van der Waals surface area contributed by atoms with Crippen LogP contribution in [-0.4, -0.2) is 28.7 Å². The molecule has 2 aliphatic rings. The van der Waals surface area contributed by atoms with E-state index in [1.165, 1.54) is 6.26 Å². The van der Waals surface area contributed by atoms with Gasteiger partial charge in [-0.25, -0.2) is 4.68 Å². The first-order chi connectivity index (χ1) is 14.4. The largest absolute Gasteiger partial charge is 0.467 e. The Morgan fingerprint density at radius 1 is 1.23 bits per heavy atom. The number of carbonyl (C=O) groups excluding carboxylic acids is 1. The number of benzene rings is 1. The summed E-state index contributed by atoms with van der Waals surface area (Å²) in [6.07, 6.45) is -2.35. The Morgan fingerprint density at radius 3 is 2.83 bits per heavy atom. The lowest BCUT2D eigenvalue weighted by molar-refractivity contribution is -0.174. The molecule has 0 unspecified atom stereocenters. The van der Waals surface area contributed by atoms with Crippen LogP contribution in [0, 0.1) is 0 Å². The lowest BCUT2D eigenvalue weighted by Gasteiger charge is -2.32. The lowest BCUT2D eigenvalue weighted by Crippen LogP contribution is -2.36. The van der Waals surface area contributed by atoms with Crippen molar-refractivity contribution in [2.45, 2.75) is 24.7 Å². The van der Waals surface area contributed by atoms with Gasteiger partial charge in [0.1, 0.15) is 17.1 Å². The molecule has 3 aromatic rings.